The molecule has 0 amide bonds. The Kier molecular flexibility index (Phi) is 4.02. The molecule has 2 rings (SSSR count). The van der Waals surface area contributed by atoms with Gasteiger partial charge in [-0.1, -0.05) is 28.1 Å². The van der Waals surface area contributed by atoms with Gasteiger partial charge in [-0.2, -0.15) is 0 Å². The molecule has 1 atom stereocenters. The molecule has 0 saturated heterocycles. The van der Waals surface area contributed by atoms with Gasteiger partial charge in [0.1, 0.15) is 5.76 Å². The van der Waals surface area contributed by atoms with Crippen molar-refractivity contribution in [2.24, 2.45) is 0 Å². The SMILES string of the molecule is Cc1ccc(CN[C@@H](C)c2ccco2)cc1Br. The lowest BCUT2D eigenvalue weighted by Crippen LogP contribution is -2.17. The second-order valence-corrected chi connectivity index (χ2v) is 5.06. The predicted octanol–water partition coefficient (Wildman–Crippen LogP) is 4.20. The maximum atomic E-state index is 5.35. The Morgan fingerprint density at radius 3 is 2.82 bits per heavy atom. The van der Waals surface area contributed by atoms with Crippen molar-refractivity contribution in [1.29, 1.82) is 0 Å². The summed E-state index contributed by atoms with van der Waals surface area (Å²) in [5.74, 6) is 0.969. The van der Waals surface area contributed by atoms with Gasteiger partial charge in [0.2, 0.25) is 0 Å². The molecule has 90 valence electrons. The van der Waals surface area contributed by atoms with Crippen LogP contribution in [-0.4, -0.2) is 0 Å². The summed E-state index contributed by atoms with van der Waals surface area (Å²) < 4.78 is 6.51. The second-order valence-electron chi connectivity index (χ2n) is 4.20. The van der Waals surface area contributed by atoms with Gasteiger partial charge in [-0.15, -0.1) is 0 Å². The highest BCUT2D eigenvalue weighted by molar-refractivity contribution is 9.10. The maximum Gasteiger partial charge on any atom is 0.120 e. The third-order valence-corrected chi connectivity index (χ3v) is 3.67. The molecule has 0 spiro atoms. The second kappa shape index (κ2) is 5.52. The van der Waals surface area contributed by atoms with E-state index in [0.29, 0.717) is 0 Å². The van der Waals surface area contributed by atoms with E-state index >= 15 is 0 Å². The first kappa shape index (κ1) is 12.4. The number of aryl methyl sites for hydroxylation is 1. The summed E-state index contributed by atoms with van der Waals surface area (Å²) in [6.45, 7) is 5.02. The summed E-state index contributed by atoms with van der Waals surface area (Å²) in [6, 6.07) is 10.5. The molecule has 0 aliphatic heterocycles. The van der Waals surface area contributed by atoms with Crippen LogP contribution in [0.25, 0.3) is 0 Å². The number of benzene rings is 1. The fourth-order valence-electron chi connectivity index (χ4n) is 1.66. The number of rotatable bonds is 4. The van der Waals surface area contributed by atoms with Crippen molar-refractivity contribution in [3.8, 4) is 0 Å². The van der Waals surface area contributed by atoms with Gasteiger partial charge in [-0.05, 0) is 43.2 Å². The topological polar surface area (TPSA) is 25.2 Å². The van der Waals surface area contributed by atoms with Crippen LogP contribution in [0.3, 0.4) is 0 Å². The highest BCUT2D eigenvalue weighted by Gasteiger charge is 2.07. The Morgan fingerprint density at radius 1 is 1.35 bits per heavy atom. The van der Waals surface area contributed by atoms with Crippen molar-refractivity contribution < 1.29 is 4.42 Å². The molecule has 1 N–H and O–H groups in total. The Hall–Kier alpha value is -1.06. The van der Waals surface area contributed by atoms with Gasteiger partial charge in [0, 0.05) is 11.0 Å². The molecule has 3 heteroatoms. The van der Waals surface area contributed by atoms with E-state index < -0.39 is 0 Å². The van der Waals surface area contributed by atoms with E-state index in [1.165, 1.54) is 11.1 Å². The van der Waals surface area contributed by atoms with Gasteiger partial charge in [-0.25, -0.2) is 0 Å². The van der Waals surface area contributed by atoms with Gasteiger partial charge in [0.25, 0.3) is 0 Å². The molecule has 0 fully saturated rings. The first-order chi connectivity index (χ1) is 8.16. The molecule has 0 aliphatic rings. The van der Waals surface area contributed by atoms with Gasteiger partial charge in [0.15, 0.2) is 0 Å². The first-order valence-corrected chi connectivity index (χ1v) is 6.48. The molecule has 0 bridgehead atoms. The summed E-state index contributed by atoms with van der Waals surface area (Å²) in [6.07, 6.45) is 1.70. The third kappa shape index (κ3) is 3.20. The molecule has 2 aromatic rings. The minimum absolute atomic E-state index is 0.227. The zero-order chi connectivity index (χ0) is 12.3. The molecule has 17 heavy (non-hydrogen) atoms. The molecule has 1 aromatic carbocycles. The van der Waals surface area contributed by atoms with Crippen molar-refractivity contribution in [1.82, 2.24) is 5.32 Å². The maximum absolute atomic E-state index is 5.35. The van der Waals surface area contributed by atoms with E-state index in [2.05, 4.69) is 53.3 Å². The van der Waals surface area contributed by atoms with E-state index in [4.69, 9.17) is 4.42 Å². The highest BCUT2D eigenvalue weighted by atomic mass is 79.9. The molecular formula is C14H16BrNO. The summed E-state index contributed by atoms with van der Waals surface area (Å²) in [5, 5.41) is 3.43. The van der Waals surface area contributed by atoms with Gasteiger partial charge in [0.05, 0.1) is 12.3 Å². The minimum atomic E-state index is 0.227. The number of halogens is 1. The van der Waals surface area contributed by atoms with Crippen molar-refractivity contribution in [3.63, 3.8) is 0 Å². The van der Waals surface area contributed by atoms with Crippen molar-refractivity contribution >= 4 is 15.9 Å². The summed E-state index contributed by atoms with van der Waals surface area (Å²) in [4.78, 5) is 0. The van der Waals surface area contributed by atoms with Crippen molar-refractivity contribution in [2.75, 3.05) is 0 Å². The first-order valence-electron chi connectivity index (χ1n) is 5.68. The van der Waals surface area contributed by atoms with Crippen molar-refractivity contribution in [2.45, 2.75) is 26.4 Å². The average Bonchev–Trinajstić information content (AvgIpc) is 2.84. The predicted molar refractivity (Wildman–Crippen MR) is 72.8 cm³/mol. The van der Waals surface area contributed by atoms with Crippen LogP contribution in [0.15, 0.2) is 45.5 Å². The zero-order valence-corrected chi connectivity index (χ0v) is 11.6. The molecule has 0 aliphatic carbocycles. The van der Waals surface area contributed by atoms with Crippen LogP contribution in [0, 0.1) is 6.92 Å². The summed E-state index contributed by atoms with van der Waals surface area (Å²) in [5.41, 5.74) is 2.52. The molecule has 2 nitrogen and oxygen atoms in total. The largest absolute Gasteiger partial charge is 0.468 e. The van der Waals surface area contributed by atoms with E-state index in [9.17, 15) is 0 Å². The average molecular weight is 294 g/mol. The van der Waals surface area contributed by atoms with Crippen LogP contribution in [0.5, 0.6) is 0 Å². The lowest BCUT2D eigenvalue weighted by atomic mass is 10.1. The fourth-order valence-corrected chi connectivity index (χ4v) is 2.08. The molecule has 0 radical (unpaired) electrons. The molecular weight excluding hydrogens is 278 g/mol. The number of nitrogens with one attached hydrogen (secondary N) is 1. The van der Waals surface area contributed by atoms with E-state index in [-0.39, 0.29) is 6.04 Å². The molecule has 1 aromatic heterocycles. The monoisotopic (exact) mass is 293 g/mol. The highest BCUT2D eigenvalue weighted by Crippen LogP contribution is 2.18. The van der Waals surface area contributed by atoms with Gasteiger partial charge in [-0.3, -0.25) is 0 Å². The van der Waals surface area contributed by atoms with Crippen LogP contribution in [0.2, 0.25) is 0 Å². The zero-order valence-electron chi connectivity index (χ0n) is 10.0. The Morgan fingerprint density at radius 2 is 2.18 bits per heavy atom. The lowest BCUT2D eigenvalue weighted by molar-refractivity contribution is 0.430. The van der Waals surface area contributed by atoms with E-state index in [1.54, 1.807) is 6.26 Å². The summed E-state index contributed by atoms with van der Waals surface area (Å²) >= 11 is 3.55. The van der Waals surface area contributed by atoms with Crippen LogP contribution in [0.1, 0.15) is 29.9 Å². The van der Waals surface area contributed by atoms with Crippen LogP contribution in [-0.2, 0) is 6.54 Å². The molecule has 0 saturated carbocycles. The standard InChI is InChI=1S/C14H16BrNO/c1-10-5-6-12(8-13(10)15)9-16-11(2)14-4-3-7-17-14/h3-8,11,16H,9H2,1-2H3/t11-/m0/s1. The number of furan rings is 1. The van der Waals surface area contributed by atoms with E-state index in [1.807, 2.05) is 12.1 Å². The number of hydrogen-bond donors (Lipinski definition) is 1. The van der Waals surface area contributed by atoms with Gasteiger partial charge >= 0.3 is 0 Å². The smallest absolute Gasteiger partial charge is 0.120 e. The van der Waals surface area contributed by atoms with E-state index in [0.717, 1.165) is 16.8 Å². The van der Waals surface area contributed by atoms with Crippen molar-refractivity contribution in [3.05, 3.63) is 58.0 Å². The Balaban J connectivity index is 1.96. The third-order valence-electron chi connectivity index (χ3n) is 2.82. The normalized spacial score (nSPS) is 12.6. The fraction of sp³-hybridized carbons (Fsp3) is 0.286. The number of hydrogen-bond acceptors (Lipinski definition) is 2. The van der Waals surface area contributed by atoms with Crippen LogP contribution in [0.4, 0.5) is 0 Å². The van der Waals surface area contributed by atoms with Gasteiger partial charge < -0.3 is 9.73 Å². The van der Waals surface area contributed by atoms with Crippen LogP contribution < -0.4 is 5.32 Å². The quantitative estimate of drug-likeness (QED) is 0.914. The Labute approximate surface area is 110 Å². The van der Waals surface area contributed by atoms with Crippen LogP contribution >= 0.6 is 15.9 Å². The Bertz CT molecular complexity index is 479. The lowest BCUT2D eigenvalue weighted by Gasteiger charge is -2.11. The molecule has 1 heterocycles. The summed E-state index contributed by atoms with van der Waals surface area (Å²) in [7, 11) is 0. The molecule has 0 unspecified atom stereocenters. The minimum Gasteiger partial charge on any atom is -0.468 e.